The number of ether oxygens (including phenoxy) is 1. The third-order valence-electron chi connectivity index (χ3n) is 4.20. The zero-order chi connectivity index (χ0) is 18.5. The molecule has 0 atom stereocenters. The van der Waals surface area contributed by atoms with Crippen molar-refractivity contribution in [2.24, 2.45) is 0 Å². The number of hydrogen-bond donors (Lipinski definition) is 0. The predicted molar refractivity (Wildman–Crippen MR) is 99.1 cm³/mol. The number of fused-ring (bicyclic) bond motifs is 1. The van der Waals surface area contributed by atoms with E-state index in [0.29, 0.717) is 17.5 Å². The maximum Gasteiger partial charge on any atom is 0.306 e. The summed E-state index contributed by atoms with van der Waals surface area (Å²) < 4.78 is 5.25. The van der Waals surface area contributed by atoms with E-state index in [1.54, 1.807) is 36.0 Å². The molecule has 26 heavy (non-hydrogen) atoms. The number of hydrogen-bond acceptors (Lipinski definition) is 5. The van der Waals surface area contributed by atoms with Gasteiger partial charge in [0.05, 0.1) is 11.1 Å². The van der Waals surface area contributed by atoms with Crippen LogP contribution in [-0.2, 0) is 16.1 Å². The van der Waals surface area contributed by atoms with Gasteiger partial charge in [0.1, 0.15) is 6.61 Å². The number of rotatable bonds is 7. The van der Waals surface area contributed by atoms with Crippen molar-refractivity contribution >= 4 is 29.5 Å². The molecule has 1 aliphatic rings. The van der Waals surface area contributed by atoms with E-state index in [1.807, 2.05) is 30.5 Å². The summed E-state index contributed by atoms with van der Waals surface area (Å²) in [5.74, 6) is -0.934. The Morgan fingerprint density at radius 2 is 1.62 bits per heavy atom. The van der Waals surface area contributed by atoms with Crippen LogP contribution in [0.25, 0.3) is 0 Å². The van der Waals surface area contributed by atoms with Gasteiger partial charge in [-0.25, -0.2) is 0 Å². The second kappa shape index (κ2) is 8.19. The molecular formula is C20H19NO4S. The molecule has 0 saturated carbocycles. The van der Waals surface area contributed by atoms with Gasteiger partial charge in [-0.2, -0.15) is 0 Å². The maximum absolute atomic E-state index is 12.2. The molecule has 0 aromatic heterocycles. The number of nitrogens with zero attached hydrogens (tertiary/aromatic N) is 1. The SMILES string of the molecule is CSc1ccc(COC(=O)CCCN2C(=O)c3ccccc3C2=O)cc1. The van der Waals surface area contributed by atoms with Crippen molar-refractivity contribution in [1.29, 1.82) is 0 Å². The monoisotopic (exact) mass is 369 g/mol. The molecule has 5 nitrogen and oxygen atoms in total. The number of thioether (sulfide) groups is 1. The molecule has 2 aromatic carbocycles. The highest BCUT2D eigenvalue weighted by Crippen LogP contribution is 2.22. The number of carbonyl (C=O) groups is 3. The van der Waals surface area contributed by atoms with E-state index in [2.05, 4.69) is 0 Å². The van der Waals surface area contributed by atoms with Gasteiger partial charge in [-0.15, -0.1) is 11.8 Å². The van der Waals surface area contributed by atoms with Crippen LogP contribution >= 0.6 is 11.8 Å². The lowest BCUT2D eigenvalue weighted by atomic mass is 10.1. The van der Waals surface area contributed by atoms with Crippen LogP contribution in [0.1, 0.15) is 39.1 Å². The quantitative estimate of drug-likeness (QED) is 0.424. The number of esters is 1. The highest BCUT2D eigenvalue weighted by Gasteiger charge is 2.34. The van der Waals surface area contributed by atoms with Gasteiger partial charge in [-0.1, -0.05) is 24.3 Å². The molecule has 0 N–H and O–H groups in total. The van der Waals surface area contributed by atoms with Gasteiger partial charge in [0.25, 0.3) is 11.8 Å². The Kier molecular flexibility index (Phi) is 5.73. The molecule has 1 heterocycles. The molecular weight excluding hydrogens is 350 g/mol. The molecule has 134 valence electrons. The summed E-state index contributed by atoms with van der Waals surface area (Å²) in [5, 5.41) is 0. The van der Waals surface area contributed by atoms with Crippen LogP contribution in [0.2, 0.25) is 0 Å². The Labute approximate surface area is 156 Å². The fraction of sp³-hybridized carbons (Fsp3) is 0.250. The molecule has 0 aliphatic carbocycles. The molecule has 2 amide bonds. The molecule has 3 rings (SSSR count). The van der Waals surface area contributed by atoms with E-state index in [4.69, 9.17) is 4.74 Å². The lowest BCUT2D eigenvalue weighted by Crippen LogP contribution is -2.31. The van der Waals surface area contributed by atoms with Gasteiger partial charge < -0.3 is 4.74 Å². The topological polar surface area (TPSA) is 63.7 Å². The molecule has 0 radical (unpaired) electrons. The molecule has 2 aromatic rings. The lowest BCUT2D eigenvalue weighted by Gasteiger charge is -2.13. The number of carbonyl (C=O) groups excluding carboxylic acids is 3. The third kappa shape index (κ3) is 3.96. The minimum atomic E-state index is -0.337. The first-order valence-electron chi connectivity index (χ1n) is 8.34. The van der Waals surface area contributed by atoms with Crippen LogP contribution in [-0.4, -0.2) is 35.5 Å². The van der Waals surface area contributed by atoms with Gasteiger partial charge in [0.15, 0.2) is 0 Å². The Bertz CT molecular complexity index is 797. The molecule has 0 unspecified atom stereocenters. The van der Waals surface area contributed by atoms with Crippen molar-refractivity contribution in [3.63, 3.8) is 0 Å². The minimum Gasteiger partial charge on any atom is -0.461 e. The average molecular weight is 369 g/mol. The lowest BCUT2D eigenvalue weighted by molar-refractivity contribution is -0.145. The first kappa shape index (κ1) is 18.2. The Morgan fingerprint density at radius 3 is 2.19 bits per heavy atom. The second-order valence-corrected chi connectivity index (χ2v) is 6.80. The first-order chi connectivity index (χ1) is 12.6. The van der Waals surface area contributed by atoms with Crippen LogP contribution in [0.3, 0.4) is 0 Å². The normalized spacial score (nSPS) is 13.0. The smallest absolute Gasteiger partial charge is 0.306 e. The summed E-state index contributed by atoms with van der Waals surface area (Å²) in [5.41, 5.74) is 1.78. The standard InChI is InChI=1S/C20H19NO4S/c1-26-15-10-8-14(9-11-15)13-25-18(22)7-4-12-21-19(23)16-5-2-3-6-17(16)20(21)24/h2-3,5-6,8-11H,4,7,12-13H2,1H3. The van der Waals surface area contributed by atoms with Gasteiger partial charge in [0, 0.05) is 17.9 Å². The van der Waals surface area contributed by atoms with Gasteiger partial charge >= 0.3 is 5.97 Å². The summed E-state index contributed by atoms with van der Waals surface area (Å²) >= 11 is 1.65. The summed E-state index contributed by atoms with van der Waals surface area (Å²) in [6, 6.07) is 14.6. The number of imide groups is 1. The summed E-state index contributed by atoms with van der Waals surface area (Å²) in [6.07, 6.45) is 2.55. The largest absolute Gasteiger partial charge is 0.461 e. The molecule has 0 spiro atoms. The third-order valence-corrected chi connectivity index (χ3v) is 4.94. The van der Waals surface area contributed by atoms with Crippen LogP contribution in [0.4, 0.5) is 0 Å². The van der Waals surface area contributed by atoms with Crippen molar-refractivity contribution in [3.8, 4) is 0 Å². The summed E-state index contributed by atoms with van der Waals surface area (Å²) in [7, 11) is 0. The van der Waals surface area contributed by atoms with Crippen LogP contribution < -0.4 is 0 Å². The van der Waals surface area contributed by atoms with Gasteiger partial charge in [-0.3, -0.25) is 19.3 Å². The Morgan fingerprint density at radius 1 is 1.00 bits per heavy atom. The van der Waals surface area contributed by atoms with E-state index in [1.165, 1.54) is 4.90 Å². The van der Waals surface area contributed by atoms with Crippen molar-refractivity contribution in [3.05, 3.63) is 65.2 Å². The fourth-order valence-electron chi connectivity index (χ4n) is 2.78. The first-order valence-corrected chi connectivity index (χ1v) is 9.56. The Hall–Kier alpha value is -2.60. The predicted octanol–water partition coefficient (Wildman–Crippen LogP) is 3.53. The van der Waals surface area contributed by atoms with E-state index in [9.17, 15) is 14.4 Å². The van der Waals surface area contributed by atoms with Crippen LogP contribution in [0.5, 0.6) is 0 Å². The van der Waals surface area contributed by atoms with E-state index in [-0.39, 0.29) is 37.4 Å². The van der Waals surface area contributed by atoms with Gasteiger partial charge in [-0.05, 0) is 42.5 Å². The number of amides is 2. The molecule has 6 heteroatoms. The highest BCUT2D eigenvalue weighted by atomic mass is 32.2. The molecule has 0 bridgehead atoms. The summed E-state index contributed by atoms with van der Waals surface area (Å²) in [4.78, 5) is 38.7. The highest BCUT2D eigenvalue weighted by molar-refractivity contribution is 7.98. The molecule has 0 saturated heterocycles. The maximum atomic E-state index is 12.2. The van der Waals surface area contributed by atoms with Crippen molar-refractivity contribution in [1.82, 2.24) is 4.90 Å². The Balaban J connectivity index is 1.44. The minimum absolute atomic E-state index is 0.163. The fourth-order valence-corrected chi connectivity index (χ4v) is 3.19. The van der Waals surface area contributed by atoms with Crippen LogP contribution in [0.15, 0.2) is 53.4 Å². The molecule has 1 aliphatic heterocycles. The van der Waals surface area contributed by atoms with E-state index in [0.717, 1.165) is 10.5 Å². The van der Waals surface area contributed by atoms with E-state index < -0.39 is 0 Å². The van der Waals surface area contributed by atoms with Gasteiger partial charge in [0.2, 0.25) is 0 Å². The summed E-state index contributed by atoms with van der Waals surface area (Å²) in [6.45, 7) is 0.435. The average Bonchev–Trinajstić information content (AvgIpc) is 2.92. The van der Waals surface area contributed by atoms with Crippen molar-refractivity contribution in [2.45, 2.75) is 24.3 Å². The number of benzene rings is 2. The van der Waals surface area contributed by atoms with Crippen molar-refractivity contribution in [2.75, 3.05) is 12.8 Å². The van der Waals surface area contributed by atoms with E-state index >= 15 is 0 Å². The zero-order valence-corrected chi connectivity index (χ0v) is 15.3. The van der Waals surface area contributed by atoms with Crippen LogP contribution in [0, 0.1) is 0 Å². The van der Waals surface area contributed by atoms with Crippen molar-refractivity contribution < 1.29 is 19.1 Å². The zero-order valence-electron chi connectivity index (χ0n) is 14.4. The second-order valence-electron chi connectivity index (χ2n) is 5.92. The molecule has 0 fully saturated rings.